The van der Waals surface area contributed by atoms with E-state index >= 15 is 0 Å². The number of para-hydroxylation sites is 1. The van der Waals surface area contributed by atoms with Crippen molar-refractivity contribution in [1.29, 1.82) is 0 Å². The maximum atomic E-state index is 5.60. The second kappa shape index (κ2) is 6.92. The Morgan fingerprint density at radius 3 is 2.63 bits per heavy atom. The van der Waals surface area contributed by atoms with Crippen LogP contribution in [0.3, 0.4) is 0 Å². The topological polar surface area (TPSA) is 30.5 Å². The maximum absolute atomic E-state index is 5.60. The van der Waals surface area contributed by atoms with E-state index in [1.54, 1.807) is 7.11 Å². The molecule has 0 radical (unpaired) electrons. The second-order valence-electron chi connectivity index (χ2n) is 5.30. The molecule has 1 aliphatic carbocycles. The summed E-state index contributed by atoms with van der Waals surface area (Å²) in [6.07, 6.45) is 5.26. The van der Waals surface area contributed by atoms with Crippen molar-refractivity contribution in [1.82, 2.24) is 5.32 Å². The van der Waals surface area contributed by atoms with E-state index in [4.69, 9.17) is 9.47 Å². The molecule has 0 aliphatic heterocycles. The van der Waals surface area contributed by atoms with Crippen LogP contribution in [0.5, 0.6) is 5.75 Å². The van der Waals surface area contributed by atoms with Crippen molar-refractivity contribution in [3.63, 3.8) is 0 Å². The highest BCUT2D eigenvalue weighted by Gasteiger charge is 2.26. The molecule has 3 nitrogen and oxygen atoms in total. The summed E-state index contributed by atoms with van der Waals surface area (Å²) >= 11 is 0. The van der Waals surface area contributed by atoms with Gasteiger partial charge in [0.1, 0.15) is 5.75 Å². The zero-order valence-corrected chi connectivity index (χ0v) is 12.2. The summed E-state index contributed by atoms with van der Waals surface area (Å²) < 4.78 is 11.0. The van der Waals surface area contributed by atoms with Crippen LogP contribution < -0.4 is 10.1 Å². The molecule has 1 saturated carbocycles. The molecule has 0 amide bonds. The summed E-state index contributed by atoms with van der Waals surface area (Å²) in [6.45, 7) is 2.19. The second-order valence-corrected chi connectivity index (χ2v) is 5.30. The van der Waals surface area contributed by atoms with Crippen LogP contribution in [0, 0.1) is 0 Å². The van der Waals surface area contributed by atoms with E-state index in [0.717, 1.165) is 12.2 Å². The first-order valence-electron chi connectivity index (χ1n) is 7.18. The lowest BCUT2D eigenvalue weighted by Gasteiger charge is -2.33. The van der Waals surface area contributed by atoms with Crippen LogP contribution in [0.25, 0.3) is 0 Å². The van der Waals surface area contributed by atoms with Gasteiger partial charge < -0.3 is 14.8 Å². The molecule has 3 unspecified atom stereocenters. The predicted molar refractivity (Wildman–Crippen MR) is 77.6 cm³/mol. The number of nitrogens with one attached hydrogen (secondary N) is 1. The zero-order chi connectivity index (χ0) is 13.7. The number of benzene rings is 1. The van der Waals surface area contributed by atoms with Gasteiger partial charge in [0.2, 0.25) is 0 Å². The molecule has 1 fully saturated rings. The highest BCUT2D eigenvalue weighted by atomic mass is 16.5. The highest BCUT2D eigenvalue weighted by Crippen LogP contribution is 2.28. The number of hydrogen-bond acceptors (Lipinski definition) is 3. The summed E-state index contributed by atoms with van der Waals surface area (Å²) in [4.78, 5) is 0. The Morgan fingerprint density at radius 2 is 1.89 bits per heavy atom. The molecule has 1 aliphatic rings. The first-order valence-corrected chi connectivity index (χ1v) is 7.18. The molecule has 0 saturated heterocycles. The third kappa shape index (κ3) is 3.48. The standard InChI is InChI=1S/C16H25NO2/c1-12(13-8-4-6-10-15(13)18-2)17-14-9-5-7-11-16(14)19-3/h4,6,8,10,12,14,16-17H,5,7,9,11H2,1-3H3. The van der Waals surface area contributed by atoms with Gasteiger partial charge >= 0.3 is 0 Å². The number of hydrogen-bond donors (Lipinski definition) is 1. The van der Waals surface area contributed by atoms with Crippen LogP contribution in [0.4, 0.5) is 0 Å². The van der Waals surface area contributed by atoms with Gasteiger partial charge in [0.15, 0.2) is 0 Å². The summed E-state index contributed by atoms with van der Waals surface area (Å²) in [5.41, 5.74) is 1.21. The van der Waals surface area contributed by atoms with Gasteiger partial charge in [0, 0.05) is 24.8 Å². The third-order valence-corrected chi connectivity index (χ3v) is 4.07. The fraction of sp³-hybridized carbons (Fsp3) is 0.625. The van der Waals surface area contributed by atoms with Crippen molar-refractivity contribution < 1.29 is 9.47 Å². The van der Waals surface area contributed by atoms with Crippen LogP contribution in [-0.2, 0) is 4.74 Å². The first-order chi connectivity index (χ1) is 9.26. The minimum absolute atomic E-state index is 0.275. The molecule has 0 aromatic heterocycles. The average molecular weight is 263 g/mol. The molecule has 1 aromatic carbocycles. The van der Waals surface area contributed by atoms with Gasteiger partial charge in [-0.2, -0.15) is 0 Å². The first kappa shape index (κ1) is 14.4. The lowest BCUT2D eigenvalue weighted by Crippen LogP contribution is -2.44. The molecule has 106 valence electrons. The van der Waals surface area contributed by atoms with E-state index in [9.17, 15) is 0 Å². The fourth-order valence-electron chi connectivity index (χ4n) is 3.00. The van der Waals surface area contributed by atoms with Gasteiger partial charge in [-0.25, -0.2) is 0 Å². The highest BCUT2D eigenvalue weighted by molar-refractivity contribution is 5.35. The van der Waals surface area contributed by atoms with Crippen molar-refractivity contribution in [3.05, 3.63) is 29.8 Å². The molecular formula is C16H25NO2. The Bertz CT molecular complexity index is 394. The van der Waals surface area contributed by atoms with E-state index in [1.807, 2.05) is 19.2 Å². The van der Waals surface area contributed by atoms with Crippen molar-refractivity contribution in [2.75, 3.05) is 14.2 Å². The molecular weight excluding hydrogens is 238 g/mol. The smallest absolute Gasteiger partial charge is 0.123 e. The molecule has 0 heterocycles. The van der Waals surface area contributed by atoms with E-state index < -0.39 is 0 Å². The van der Waals surface area contributed by atoms with Gasteiger partial charge in [0.05, 0.1) is 13.2 Å². The van der Waals surface area contributed by atoms with E-state index in [2.05, 4.69) is 24.4 Å². The normalized spacial score (nSPS) is 25.0. The van der Waals surface area contributed by atoms with Gasteiger partial charge in [-0.15, -0.1) is 0 Å². The number of ether oxygens (including phenoxy) is 2. The Balaban J connectivity index is 2.05. The Hall–Kier alpha value is -1.06. The van der Waals surface area contributed by atoms with Crippen molar-refractivity contribution in [2.24, 2.45) is 0 Å². The fourth-order valence-corrected chi connectivity index (χ4v) is 3.00. The summed E-state index contributed by atoms with van der Waals surface area (Å²) in [7, 11) is 3.54. The van der Waals surface area contributed by atoms with Gasteiger partial charge in [-0.1, -0.05) is 31.0 Å². The molecule has 3 heteroatoms. The van der Waals surface area contributed by atoms with E-state index in [-0.39, 0.29) is 6.04 Å². The van der Waals surface area contributed by atoms with Crippen LogP contribution in [-0.4, -0.2) is 26.4 Å². The zero-order valence-electron chi connectivity index (χ0n) is 12.2. The molecule has 0 spiro atoms. The van der Waals surface area contributed by atoms with Gasteiger partial charge in [0.25, 0.3) is 0 Å². The van der Waals surface area contributed by atoms with Gasteiger partial charge in [-0.3, -0.25) is 0 Å². The SMILES string of the molecule is COc1ccccc1C(C)NC1CCCCC1OC. The Labute approximate surface area is 116 Å². The van der Waals surface area contributed by atoms with Gasteiger partial charge in [-0.05, 0) is 25.8 Å². The van der Waals surface area contributed by atoms with Crippen LogP contribution in [0.2, 0.25) is 0 Å². The molecule has 0 bridgehead atoms. The quantitative estimate of drug-likeness (QED) is 0.884. The lowest BCUT2D eigenvalue weighted by molar-refractivity contribution is 0.0383. The summed E-state index contributed by atoms with van der Waals surface area (Å²) in [6, 6.07) is 8.93. The Kier molecular flexibility index (Phi) is 5.23. The minimum Gasteiger partial charge on any atom is -0.496 e. The van der Waals surface area contributed by atoms with Crippen molar-refractivity contribution >= 4 is 0 Å². The van der Waals surface area contributed by atoms with E-state index in [1.165, 1.54) is 24.8 Å². The summed E-state index contributed by atoms with van der Waals surface area (Å²) in [5.74, 6) is 0.951. The Morgan fingerprint density at radius 1 is 1.16 bits per heavy atom. The van der Waals surface area contributed by atoms with Crippen LogP contribution in [0.15, 0.2) is 24.3 Å². The maximum Gasteiger partial charge on any atom is 0.123 e. The lowest BCUT2D eigenvalue weighted by atomic mass is 9.91. The molecule has 1 aromatic rings. The van der Waals surface area contributed by atoms with Crippen molar-refractivity contribution in [2.45, 2.75) is 50.8 Å². The van der Waals surface area contributed by atoms with Crippen molar-refractivity contribution in [3.8, 4) is 5.75 Å². The van der Waals surface area contributed by atoms with Crippen LogP contribution >= 0.6 is 0 Å². The number of methoxy groups -OCH3 is 2. The monoisotopic (exact) mass is 263 g/mol. The molecule has 2 rings (SSSR count). The third-order valence-electron chi connectivity index (χ3n) is 4.07. The van der Waals surface area contributed by atoms with E-state index in [0.29, 0.717) is 12.1 Å². The number of rotatable bonds is 5. The average Bonchev–Trinajstić information content (AvgIpc) is 2.47. The minimum atomic E-state index is 0.275. The molecule has 1 N–H and O–H groups in total. The van der Waals surface area contributed by atoms with Crippen LogP contribution in [0.1, 0.15) is 44.2 Å². The summed E-state index contributed by atoms with van der Waals surface area (Å²) in [5, 5.41) is 3.71. The molecule has 3 atom stereocenters. The molecule has 19 heavy (non-hydrogen) atoms. The predicted octanol–water partition coefficient (Wildman–Crippen LogP) is 3.30. The largest absolute Gasteiger partial charge is 0.496 e.